The normalized spacial score (nSPS) is 40.2. The van der Waals surface area contributed by atoms with Crippen LogP contribution in [0, 0.1) is 23.2 Å². The molecule has 0 amide bonds. The predicted molar refractivity (Wildman–Crippen MR) is 60.2 cm³/mol. The van der Waals surface area contributed by atoms with Crippen molar-refractivity contribution in [3.8, 4) is 0 Å². The molecule has 2 aliphatic carbocycles. The zero-order chi connectivity index (χ0) is 12.8. The Balaban J connectivity index is 2.70. The highest BCUT2D eigenvalue weighted by atomic mass is 16.4. The topological polar surface area (TPSA) is 71.4 Å². The molecular formula is C13H14O4. The van der Waals surface area contributed by atoms with Gasteiger partial charge in [-0.3, -0.25) is 14.4 Å². The van der Waals surface area contributed by atoms with Gasteiger partial charge in [0.1, 0.15) is 5.41 Å². The maximum atomic E-state index is 12.0. The Hall–Kier alpha value is -1.71. The monoisotopic (exact) mass is 234 g/mol. The minimum Gasteiger partial charge on any atom is -0.480 e. The largest absolute Gasteiger partial charge is 0.480 e. The van der Waals surface area contributed by atoms with Crippen molar-refractivity contribution < 1.29 is 19.5 Å². The van der Waals surface area contributed by atoms with Gasteiger partial charge in [0.25, 0.3) is 0 Å². The fraction of sp³-hybridized carbons (Fsp3) is 0.462. The molecule has 0 aliphatic heterocycles. The smallest absolute Gasteiger partial charge is 0.318 e. The molecule has 0 fully saturated rings. The summed E-state index contributed by atoms with van der Waals surface area (Å²) in [7, 11) is 0. The van der Waals surface area contributed by atoms with Crippen molar-refractivity contribution in [3.63, 3.8) is 0 Å². The van der Waals surface area contributed by atoms with Crippen LogP contribution in [0.5, 0.6) is 0 Å². The van der Waals surface area contributed by atoms with Gasteiger partial charge < -0.3 is 5.11 Å². The number of rotatable bonds is 1. The molecule has 1 N–H and O–H groups in total. The van der Waals surface area contributed by atoms with Gasteiger partial charge in [-0.05, 0) is 24.0 Å². The van der Waals surface area contributed by atoms with Crippen molar-refractivity contribution >= 4 is 17.5 Å². The van der Waals surface area contributed by atoms with Crippen molar-refractivity contribution in [2.45, 2.75) is 13.8 Å². The first-order chi connectivity index (χ1) is 7.92. The van der Waals surface area contributed by atoms with Crippen molar-refractivity contribution in [2.24, 2.45) is 23.2 Å². The molecule has 90 valence electrons. The summed E-state index contributed by atoms with van der Waals surface area (Å²) in [6.45, 7) is 3.45. The summed E-state index contributed by atoms with van der Waals surface area (Å²) in [6.07, 6.45) is 5.85. The first-order valence-electron chi connectivity index (χ1n) is 5.60. The maximum Gasteiger partial charge on any atom is 0.318 e. The molecule has 4 atom stereocenters. The van der Waals surface area contributed by atoms with Gasteiger partial charge in [-0.25, -0.2) is 0 Å². The molecule has 17 heavy (non-hydrogen) atoms. The number of ketones is 2. The van der Waals surface area contributed by atoms with E-state index in [4.69, 9.17) is 0 Å². The molecule has 0 radical (unpaired) electrons. The number of allylic oxidation sites excluding steroid dienone is 4. The molecule has 0 aromatic carbocycles. The molecule has 0 spiro atoms. The summed E-state index contributed by atoms with van der Waals surface area (Å²) < 4.78 is 0. The Morgan fingerprint density at radius 2 is 1.88 bits per heavy atom. The van der Waals surface area contributed by atoms with E-state index < -0.39 is 29.0 Å². The number of carboxylic acid groups (broad SMARTS) is 1. The van der Waals surface area contributed by atoms with Crippen molar-refractivity contribution in [1.29, 1.82) is 0 Å². The lowest BCUT2D eigenvalue weighted by molar-refractivity contribution is -0.166. The molecule has 4 nitrogen and oxygen atoms in total. The Kier molecular flexibility index (Phi) is 2.53. The molecular weight excluding hydrogens is 220 g/mol. The van der Waals surface area contributed by atoms with Crippen LogP contribution in [0.15, 0.2) is 24.3 Å². The summed E-state index contributed by atoms with van der Waals surface area (Å²) in [5, 5.41) is 9.46. The standard InChI is InChI=1S/C13H14O4/c1-7-3-4-8(2)13(12(16)17)10(15)6-5-9(14)11(7)13/h3-8,11H,1-2H3,(H,16,17)/t7-,8+,11+,13+/m0/s1. The molecule has 0 saturated heterocycles. The summed E-state index contributed by atoms with van der Waals surface area (Å²) >= 11 is 0. The zero-order valence-electron chi connectivity index (χ0n) is 9.71. The highest BCUT2D eigenvalue weighted by Crippen LogP contribution is 2.48. The number of carbonyl (C=O) groups excluding carboxylic acids is 2. The van der Waals surface area contributed by atoms with Gasteiger partial charge in [0.15, 0.2) is 11.6 Å². The minimum atomic E-state index is -1.61. The van der Waals surface area contributed by atoms with Gasteiger partial charge in [-0.15, -0.1) is 0 Å². The van der Waals surface area contributed by atoms with Crippen molar-refractivity contribution in [1.82, 2.24) is 0 Å². The Morgan fingerprint density at radius 1 is 1.24 bits per heavy atom. The van der Waals surface area contributed by atoms with Crippen LogP contribution in [0.4, 0.5) is 0 Å². The average molecular weight is 234 g/mol. The SMILES string of the molecule is C[C@@H]1C=C[C@H](C)[C@@H]2C(=O)C=CC(=O)[C@]12C(=O)O. The van der Waals surface area contributed by atoms with Gasteiger partial charge in [0.2, 0.25) is 0 Å². The molecule has 2 rings (SSSR count). The molecule has 0 saturated carbocycles. The summed E-state index contributed by atoms with van der Waals surface area (Å²) in [5.74, 6) is -3.42. The molecule has 0 heterocycles. The molecule has 2 aliphatic rings. The first kappa shape index (κ1) is 11.8. The van der Waals surface area contributed by atoms with E-state index in [0.717, 1.165) is 6.08 Å². The highest BCUT2D eigenvalue weighted by Gasteiger charge is 2.60. The summed E-state index contributed by atoms with van der Waals surface area (Å²) in [6, 6.07) is 0. The lowest BCUT2D eigenvalue weighted by Crippen LogP contribution is -2.56. The zero-order valence-corrected chi connectivity index (χ0v) is 9.71. The van der Waals surface area contributed by atoms with Gasteiger partial charge >= 0.3 is 5.97 Å². The Bertz CT molecular complexity index is 460. The van der Waals surface area contributed by atoms with E-state index in [1.807, 2.05) is 6.08 Å². The molecule has 0 aromatic rings. The van der Waals surface area contributed by atoms with Gasteiger partial charge in [-0.1, -0.05) is 26.0 Å². The van der Waals surface area contributed by atoms with Gasteiger partial charge in [0.05, 0.1) is 5.92 Å². The van der Waals surface area contributed by atoms with E-state index in [1.165, 1.54) is 6.08 Å². The van der Waals surface area contributed by atoms with Crippen LogP contribution in [-0.4, -0.2) is 22.6 Å². The van der Waals surface area contributed by atoms with E-state index in [1.54, 1.807) is 19.9 Å². The number of fused-ring (bicyclic) bond motifs is 1. The van der Waals surface area contributed by atoms with E-state index in [-0.39, 0.29) is 11.7 Å². The average Bonchev–Trinajstić information content (AvgIpc) is 2.26. The predicted octanol–water partition coefficient (Wildman–Crippen LogP) is 1.22. The second-order valence-corrected chi connectivity index (χ2v) is 4.78. The lowest BCUT2D eigenvalue weighted by Gasteiger charge is -2.44. The Labute approximate surface area is 99.0 Å². The second-order valence-electron chi connectivity index (χ2n) is 4.78. The van der Waals surface area contributed by atoms with Crippen LogP contribution < -0.4 is 0 Å². The molecule has 4 heteroatoms. The fourth-order valence-corrected chi connectivity index (χ4v) is 3.00. The van der Waals surface area contributed by atoms with E-state index >= 15 is 0 Å². The van der Waals surface area contributed by atoms with Crippen molar-refractivity contribution in [2.75, 3.05) is 0 Å². The van der Waals surface area contributed by atoms with Crippen molar-refractivity contribution in [3.05, 3.63) is 24.3 Å². The number of hydrogen-bond acceptors (Lipinski definition) is 3. The fourth-order valence-electron chi connectivity index (χ4n) is 3.00. The third-order valence-corrected chi connectivity index (χ3v) is 3.91. The first-order valence-corrected chi connectivity index (χ1v) is 5.60. The van der Waals surface area contributed by atoms with Crippen LogP contribution in [-0.2, 0) is 14.4 Å². The van der Waals surface area contributed by atoms with Crippen LogP contribution in [0.1, 0.15) is 13.8 Å². The van der Waals surface area contributed by atoms with Crippen LogP contribution in [0.25, 0.3) is 0 Å². The minimum absolute atomic E-state index is 0.233. The summed E-state index contributed by atoms with van der Waals surface area (Å²) in [5.41, 5.74) is -1.61. The van der Waals surface area contributed by atoms with E-state index in [9.17, 15) is 19.5 Å². The van der Waals surface area contributed by atoms with E-state index in [2.05, 4.69) is 0 Å². The highest BCUT2D eigenvalue weighted by molar-refractivity contribution is 6.18. The third-order valence-electron chi connectivity index (χ3n) is 3.91. The Morgan fingerprint density at radius 3 is 2.41 bits per heavy atom. The summed E-state index contributed by atoms with van der Waals surface area (Å²) in [4.78, 5) is 35.5. The van der Waals surface area contributed by atoms with E-state index in [0.29, 0.717) is 0 Å². The maximum absolute atomic E-state index is 12.0. The quantitative estimate of drug-likeness (QED) is 0.547. The number of carboxylic acids is 1. The molecule has 0 bridgehead atoms. The number of carbonyl (C=O) groups is 3. The number of hydrogen-bond donors (Lipinski definition) is 1. The second kappa shape index (κ2) is 3.65. The lowest BCUT2D eigenvalue weighted by atomic mass is 9.55. The van der Waals surface area contributed by atoms with Gasteiger partial charge in [0, 0.05) is 0 Å². The van der Waals surface area contributed by atoms with Crippen LogP contribution in [0.2, 0.25) is 0 Å². The van der Waals surface area contributed by atoms with Gasteiger partial charge in [-0.2, -0.15) is 0 Å². The molecule has 0 aromatic heterocycles. The number of aliphatic carboxylic acids is 1. The molecule has 0 unspecified atom stereocenters. The van der Waals surface area contributed by atoms with Crippen LogP contribution >= 0.6 is 0 Å². The third kappa shape index (κ3) is 1.33. The van der Waals surface area contributed by atoms with Crippen LogP contribution in [0.3, 0.4) is 0 Å².